The molecule has 2 rings (SSSR count). The average Bonchev–Trinajstić information content (AvgIpc) is 2.75. The number of aryl methyl sites for hydroxylation is 1. The van der Waals surface area contributed by atoms with E-state index in [1.54, 1.807) is 4.68 Å². The highest BCUT2D eigenvalue weighted by Gasteiger charge is 2.07. The molecular weight excluding hydrogens is 244 g/mol. The van der Waals surface area contributed by atoms with Gasteiger partial charge in [0.25, 0.3) is 0 Å². The fourth-order valence-electron chi connectivity index (χ4n) is 1.66. The number of benzene rings is 1. The van der Waals surface area contributed by atoms with Crippen LogP contribution in [0.3, 0.4) is 0 Å². The molecule has 2 N–H and O–H groups in total. The molecule has 1 aromatic carbocycles. The largest absolute Gasteiger partial charge is 0.356 e. The highest BCUT2D eigenvalue weighted by atomic mass is 32.1. The van der Waals surface area contributed by atoms with E-state index in [4.69, 9.17) is 12.2 Å². The third-order valence-electron chi connectivity index (χ3n) is 2.60. The van der Waals surface area contributed by atoms with Crippen molar-refractivity contribution in [3.8, 4) is 0 Å². The standard InChI is InChI=1S/C13H16N4S/c1-10(11-6-4-3-5-7-11)14-13(18)15-12-8-9-17(2)16-12/h3-10H,1-2H3,(H2,14,15,16,18). The van der Waals surface area contributed by atoms with Crippen molar-refractivity contribution >= 4 is 23.1 Å². The van der Waals surface area contributed by atoms with Crippen LogP contribution in [0.1, 0.15) is 18.5 Å². The Morgan fingerprint density at radius 3 is 2.61 bits per heavy atom. The summed E-state index contributed by atoms with van der Waals surface area (Å²) in [6.45, 7) is 2.07. The third kappa shape index (κ3) is 3.30. The first kappa shape index (κ1) is 12.6. The SMILES string of the molecule is CC(NC(=S)Nc1ccn(C)n1)c1ccccc1. The Bertz CT molecular complexity index is 521. The zero-order chi connectivity index (χ0) is 13.0. The second-order valence-corrected chi connectivity index (χ2v) is 4.51. The topological polar surface area (TPSA) is 41.9 Å². The van der Waals surface area contributed by atoms with Crippen LogP contribution in [-0.4, -0.2) is 14.9 Å². The van der Waals surface area contributed by atoms with Crippen molar-refractivity contribution in [3.05, 3.63) is 48.2 Å². The quantitative estimate of drug-likeness (QED) is 0.832. The fourth-order valence-corrected chi connectivity index (χ4v) is 1.94. The molecule has 94 valence electrons. The first-order chi connectivity index (χ1) is 8.65. The number of aromatic nitrogens is 2. The summed E-state index contributed by atoms with van der Waals surface area (Å²) in [5, 5.41) is 11.1. The van der Waals surface area contributed by atoms with E-state index in [-0.39, 0.29) is 6.04 Å². The molecular formula is C13H16N4S. The molecule has 0 aliphatic carbocycles. The number of nitrogens with zero attached hydrogens (tertiary/aromatic N) is 2. The van der Waals surface area contributed by atoms with Gasteiger partial charge in [-0.3, -0.25) is 4.68 Å². The highest BCUT2D eigenvalue weighted by molar-refractivity contribution is 7.80. The Morgan fingerprint density at radius 2 is 2.00 bits per heavy atom. The van der Waals surface area contributed by atoms with E-state index in [1.165, 1.54) is 5.56 Å². The molecule has 0 bridgehead atoms. The molecule has 1 unspecified atom stereocenters. The molecule has 5 heteroatoms. The van der Waals surface area contributed by atoms with E-state index in [9.17, 15) is 0 Å². The van der Waals surface area contributed by atoms with Crippen LogP contribution in [0.15, 0.2) is 42.6 Å². The third-order valence-corrected chi connectivity index (χ3v) is 2.82. The maximum atomic E-state index is 5.25. The van der Waals surface area contributed by atoms with E-state index in [1.807, 2.05) is 37.5 Å². The number of hydrogen-bond donors (Lipinski definition) is 2. The molecule has 0 fully saturated rings. The van der Waals surface area contributed by atoms with Crippen LogP contribution in [0.25, 0.3) is 0 Å². The Hall–Kier alpha value is -1.88. The number of thiocarbonyl (C=S) groups is 1. The number of rotatable bonds is 3. The van der Waals surface area contributed by atoms with E-state index < -0.39 is 0 Å². The zero-order valence-corrected chi connectivity index (χ0v) is 11.2. The number of anilines is 1. The van der Waals surface area contributed by atoms with Crippen LogP contribution < -0.4 is 10.6 Å². The molecule has 4 nitrogen and oxygen atoms in total. The fraction of sp³-hybridized carbons (Fsp3) is 0.231. The van der Waals surface area contributed by atoms with E-state index >= 15 is 0 Å². The minimum absolute atomic E-state index is 0.162. The van der Waals surface area contributed by atoms with Crippen LogP contribution in [0.2, 0.25) is 0 Å². The molecule has 0 saturated carbocycles. The van der Waals surface area contributed by atoms with Gasteiger partial charge in [-0.2, -0.15) is 5.10 Å². The Labute approximate surface area is 112 Å². The van der Waals surface area contributed by atoms with Crippen molar-refractivity contribution in [1.29, 1.82) is 0 Å². The summed E-state index contributed by atoms with van der Waals surface area (Å²) in [6.07, 6.45) is 1.87. The summed E-state index contributed by atoms with van der Waals surface area (Å²) in [4.78, 5) is 0. The van der Waals surface area contributed by atoms with E-state index in [0.717, 1.165) is 5.82 Å². The minimum Gasteiger partial charge on any atom is -0.356 e. The monoisotopic (exact) mass is 260 g/mol. The van der Waals surface area contributed by atoms with Crippen LogP contribution in [0, 0.1) is 0 Å². The lowest BCUT2D eigenvalue weighted by Crippen LogP contribution is -2.31. The van der Waals surface area contributed by atoms with Crippen LogP contribution in [-0.2, 0) is 7.05 Å². The predicted octanol–water partition coefficient (Wildman–Crippen LogP) is 2.47. The highest BCUT2D eigenvalue weighted by Crippen LogP contribution is 2.11. The summed E-state index contributed by atoms with van der Waals surface area (Å²) in [7, 11) is 1.87. The molecule has 0 radical (unpaired) electrons. The first-order valence-electron chi connectivity index (χ1n) is 5.77. The van der Waals surface area contributed by atoms with E-state index in [2.05, 4.69) is 34.8 Å². The predicted molar refractivity (Wildman–Crippen MR) is 77.4 cm³/mol. The summed E-state index contributed by atoms with van der Waals surface area (Å²) >= 11 is 5.25. The molecule has 1 atom stereocenters. The first-order valence-corrected chi connectivity index (χ1v) is 6.18. The minimum atomic E-state index is 0.162. The van der Waals surface area contributed by atoms with Gasteiger partial charge in [-0.05, 0) is 24.7 Å². The van der Waals surface area contributed by atoms with Crippen LogP contribution in [0.5, 0.6) is 0 Å². The number of nitrogens with one attached hydrogen (secondary N) is 2. The Kier molecular flexibility index (Phi) is 3.94. The van der Waals surface area contributed by atoms with E-state index in [0.29, 0.717) is 5.11 Å². The number of hydrogen-bond acceptors (Lipinski definition) is 2. The maximum Gasteiger partial charge on any atom is 0.172 e. The Balaban J connectivity index is 1.92. The van der Waals surface area contributed by atoms with Crippen molar-refractivity contribution in [3.63, 3.8) is 0 Å². The van der Waals surface area contributed by atoms with Crippen molar-refractivity contribution in [1.82, 2.24) is 15.1 Å². The van der Waals surface area contributed by atoms with Gasteiger partial charge in [0.15, 0.2) is 10.9 Å². The molecule has 0 aliphatic heterocycles. The summed E-state index contributed by atoms with van der Waals surface area (Å²) in [5.74, 6) is 0.746. The molecule has 0 amide bonds. The van der Waals surface area contributed by atoms with Crippen molar-refractivity contribution < 1.29 is 0 Å². The van der Waals surface area contributed by atoms with Crippen molar-refractivity contribution in [2.75, 3.05) is 5.32 Å². The van der Waals surface area contributed by atoms with Crippen LogP contribution >= 0.6 is 12.2 Å². The van der Waals surface area contributed by atoms with Gasteiger partial charge in [0.05, 0.1) is 6.04 Å². The lowest BCUT2D eigenvalue weighted by Gasteiger charge is -2.16. The molecule has 18 heavy (non-hydrogen) atoms. The van der Waals surface area contributed by atoms with Crippen molar-refractivity contribution in [2.24, 2.45) is 7.05 Å². The van der Waals surface area contributed by atoms with Gasteiger partial charge in [-0.25, -0.2) is 0 Å². The van der Waals surface area contributed by atoms with Crippen LogP contribution in [0.4, 0.5) is 5.82 Å². The van der Waals surface area contributed by atoms with Gasteiger partial charge in [0.2, 0.25) is 0 Å². The summed E-state index contributed by atoms with van der Waals surface area (Å²) in [6, 6.07) is 12.2. The van der Waals surface area contributed by atoms with Gasteiger partial charge in [0, 0.05) is 19.3 Å². The van der Waals surface area contributed by atoms with Gasteiger partial charge in [-0.1, -0.05) is 30.3 Å². The summed E-state index contributed by atoms with van der Waals surface area (Å²) in [5.41, 5.74) is 1.20. The van der Waals surface area contributed by atoms with Gasteiger partial charge in [-0.15, -0.1) is 0 Å². The van der Waals surface area contributed by atoms with Gasteiger partial charge < -0.3 is 10.6 Å². The van der Waals surface area contributed by atoms with Gasteiger partial charge in [0.1, 0.15) is 0 Å². The molecule has 0 spiro atoms. The second-order valence-electron chi connectivity index (χ2n) is 4.11. The second kappa shape index (κ2) is 5.64. The lowest BCUT2D eigenvalue weighted by molar-refractivity contribution is 0.721. The molecule has 1 aromatic heterocycles. The molecule has 1 heterocycles. The maximum absolute atomic E-state index is 5.25. The summed E-state index contributed by atoms with van der Waals surface area (Å²) < 4.78 is 1.73. The smallest absolute Gasteiger partial charge is 0.172 e. The molecule has 0 saturated heterocycles. The van der Waals surface area contributed by atoms with Crippen molar-refractivity contribution in [2.45, 2.75) is 13.0 Å². The lowest BCUT2D eigenvalue weighted by atomic mass is 10.1. The average molecular weight is 260 g/mol. The molecule has 2 aromatic rings. The van der Waals surface area contributed by atoms with Gasteiger partial charge >= 0.3 is 0 Å². The zero-order valence-electron chi connectivity index (χ0n) is 10.4. The molecule has 0 aliphatic rings. The Morgan fingerprint density at radius 1 is 1.28 bits per heavy atom. The normalized spacial score (nSPS) is 11.9.